The number of carbonyl (C=O) groups is 4. The van der Waals surface area contributed by atoms with Crippen LogP contribution >= 0.6 is 0 Å². The number of nitrogens with one attached hydrogen (secondary N) is 1. The molecule has 0 aliphatic carbocycles. The van der Waals surface area contributed by atoms with Crippen LogP contribution in [0.1, 0.15) is 85.8 Å². The number of aliphatic hydroxyl groups excluding tert-OH is 1. The normalized spacial score (nSPS) is 34.8. The summed E-state index contributed by atoms with van der Waals surface area (Å²) in [7, 11) is 1.94. The number of ketones is 2. The minimum absolute atomic E-state index is 0.0462. The van der Waals surface area contributed by atoms with Gasteiger partial charge in [-0.3, -0.25) is 24.3 Å². The van der Waals surface area contributed by atoms with E-state index in [0.29, 0.717) is 13.0 Å². The number of cyclic esters (lactones) is 1. The number of amides is 1. The first-order chi connectivity index (χ1) is 29.9. The molecule has 3 aliphatic heterocycles. The SMILES string of the molecule is CC[C@@H]1OC(=O)[C@H](C)C(=O)[C@H](C)[C@@H](OC2O[C@H](C)C[C@H](N(C)C/C=C/c3ccccc3)[C@H]2O)[C@@](C)(OC/C=C/c2cnc3ccccc3c2)C[C@@H](C)C(=O)[C@@H](C)[C@H]2NC(=O)O[C@]12C. The summed E-state index contributed by atoms with van der Waals surface area (Å²) in [6, 6.07) is 18.6. The lowest BCUT2D eigenvalue weighted by molar-refractivity contribution is -0.297. The maximum absolute atomic E-state index is 14.7. The van der Waals surface area contributed by atoms with Crippen LogP contribution in [0.25, 0.3) is 23.1 Å². The zero-order valence-electron chi connectivity index (χ0n) is 38.1. The zero-order valence-corrected chi connectivity index (χ0v) is 38.1. The van der Waals surface area contributed by atoms with Gasteiger partial charge in [0.2, 0.25) is 0 Å². The average Bonchev–Trinajstić information content (AvgIpc) is 3.59. The Balaban J connectivity index is 1.35. The highest BCUT2D eigenvalue weighted by atomic mass is 16.7. The van der Waals surface area contributed by atoms with Crippen molar-refractivity contribution in [2.24, 2.45) is 23.7 Å². The Kier molecular flexibility index (Phi) is 15.4. The molecule has 13 heteroatoms. The lowest BCUT2D eigenvalue weighted by Crippen LogP contribution is -2.60. The lowest BCUT2D eigenvalue weighted by Gasteiger charge is -2.47. The molecule has 13 atom stereocenters. The molecule has 1 amide bonds. The third kappa shape index (κ3) is 10.8. The van der Waals surface area contributed by atoms with E-state index in [4.69, 9.17) is 23.7 Å². The van der Waals surface area contributed by atoms with Gasteiger partial charge in [-0.1, -0.05) is 101 Å². The van der Waals surface area contributed by atoms with E-state index in [1.165, 1.54) is 6.92 Å². The molecular weight excluding hydrogens is 803 g/mol. The van der Waals surface area contributed by atoms with Crippen molar-refractivity contribution in [1.29, 1.82) is 0 Å². The molecule has 0 radical (unpaired) electrons. The summed E-state index contributed by atoms with van der Waals surface area (Å²) in [6.45, 7) is 14.4. The minimum atomic E-state index is -1.39. The Morgan fingerprint density at radius 3 is 2.35 bits per heavy atom. The number of para-hydroxylation sites is 1. The fourth-order valence-corrected chi connectivity index (χ4v) is 9.71. The number of benzene rings is 2. The van der Waals surface area contributed by atoms with Crippen LogP contribution in [0.2, 0.25) is 0 Å². The number of hydrogen-bond donors (Lipinski definition) is 2. The molecule has 3 fully saturated rings. The molecule has 63 heavy (non-hydrogen) atoms. The molecule has 0 bridgehead atoms. The van der Waals surface area contributed by atoms with Crippen LogP contribution in [-0.4, -0.2) is 113 Å². The summed E-state index contributed by atoms with van der Waals surface area (Å²) in [5.74, 6) is -5.23. The number of Topliss-reactive ketones (excluding diaryl/α,β-unsaturated/α-hetero) is 2. The fourth-order valence-electron chi connectivity index (χ4n) is 9.71. The van der Waals surface area contributed by atoms with Gasteiger partial charge < -0.3 is 34.1 Å². The van der Waals surface area contributed by atoms with Crippen LogP contribution in [0, 0.1) is 23.7 Å². The van der Waals surface area contributed by atoms with E-state index in [2.05, 4.69) is 10.3 Å². The first kappa shape index (κ1) is 47.7. The molecule has 6 rings (SSSR count). The number of rotatable bonds is 11. The van der Waals surface area contributed by atoms with Crippen LogP contribution in [0.5, 0.6) is 0 Å². The summed E-state index contributed by atoms with van der Waals surface area (Å²) < 4.78 is 31.9. The second kappa shape index (κ2) is 20.4. The van der Waals surface area contributed by atoms with Gasteiger partial charge in [0.15, 0.2) is 17.7 Å². The average molecular weight is 868 g/mol. The monoisotopic (exact) mass is 867 g/mol. The predicted molar refractivity (Wildman–Crippen MR) is 240 cm³/mol. The van der Waals surface area contributed by atoms with E-state index >= 15 is 0 Å². The fraction of sp³-hybridized carbons (Fsp3) is 0.540. The number of nitrogens with zero attached hydrogens (tertiary/aromatic N) is 2. The zero-order chi connectivity index (χ0) is 45.6. The molecule has 340 valence electrons. The van der Waals surface area contributed by atoms with Crippen LogP contribution in [0.15, 0.2) is 79.0 Å². The van der Waals surface area contributed by atoms with Crippen molar-refractivity contribution < 1.29 is 48.0 Å². The molecule has 2 N–H and O–H groups in total. The number of pyridine rings is 1. The van der Waals surface area contributed by atoms with E-state index in [1.807, 2.05) is 104 Å². The summed E-state index contributed by atoms with van der Waals surface area (Å²) in [6.07, 6.45) is 4.91. The van der Waals surface area contributed by atoms with Crippen molar-refractivity contribution in [3.05, 3.63) is 90.1 Å². The van der Waals surface area contributed by atoms with Gasteiger partial charge in [-0.05, 0) is 77.3 Å². The molecule has 1 unspecified atom stereocenters. The topological polar surface area (TPSA) is 163 Å². The summed E-state index contributed by atoms with van der Waals surface area (Å²) in [5, 5.41) is 15.9. The molecule has 2 aromatic carbocycles. The molecule has 0 saturated carbocycles. The Bertz CT molecular complexity index is 2150. The Morgan fingerprint density at radius 2 is 1.62 bits per heavy atom. The molecule has 13 nitrogen and oxygen atoms in total. The standard InChI is InChI=1S/C50H65N3O10/c1-10-40-50(8)44(52-48(58)63-50)32(4)41(54)30(2)28-49(7,59-25-17-21-36-27-37-22-14-15-23-38(37)51-29-36)45(33(5)42(55)34(6)46(57)61-40)62-47-43(56)39(26-31(3)60-47)53(9)24-16-20-35-18-12-11-13-19-35/h11-23,27,29-34,39-40,43-45,47,56H,10,24-26,28H2,1-9H3,(H,52,58)/b20-16+,21-17+/t30-,31-,32-,33+,34-,39+,40+,43-,44-,45-,47?,49+,50-/m1/s1. The van der Waals surface area contributed by atoms with Gasteiger partial charge in [0.25, 0.3) is 0 Å². The van der Waals surface area contributed by atoms with E-state index < -0.39 is 83.4 Å². The number of likely N-dealkylation sites (N-methyl/N-ethyl adjacent to an activating group) is 1. The maximum Gasteiger partial charge on any atom is 0.408 e. The number of fused-ring (bicyclic) bond motifs is 2. The second-order valence-corrected chi connectivity index (χ2v) is 18.1. The van der Waals surface area contributed by atoms with E-state index in [0.717, 1.165) is 22.0 Å². The number of esters is 1. The summed E-state index contributed by atoms with van der Waals surface area (Å²) in [4.78, 5) is 62.7. The molecule has 4 heterocycles. The van der Waals surface area contributed by atoms with Crippen LogP contribution in [0.4, 0.5) is 4.79 Å². The highest BCUT2D eigenvalue weighted by Gasteiger charge is 2.57. The van der Waals surface area contributed by atoms with E-state index in [1.54, 1.807) is 47.7 Å². The number of hydrogen-bond acceptors (Lipinski definition) is 12. The van der Waals surface area contributed by atoms with Crippen molar-refractivity contribution in [3.8, 4) is 0 Å². The number of carbonyl (C=O) groups excluding carboxylic acids is 4. The van der Waals surface area contributed by atoms with E-state index in [9.17, 15) is 24.3 Å². The third-order valence-electron chi connectivity index (χ3n) is 13.3. The van der Waals surface area contributed by atoms with Gasteiger partial charge in [0, 0.05) is 41.9 Å². The first-order valence-electron chi connectivity index (χ1n) is 22.3. The van der Waals surface area contributed by atoms with E-state index in [-0.39, 0.29) is 37.4 Å². The quantitative estimate of drug-likeness (QED) is 0.148. The largest absolute Gasteiger partial charge is 0.458 e. The number of ether oxygens (including phenoxy) is 5. The van der Waals surface area contributed by atoms with Crippen molar-refractivity contribution >= 4 is 46.7 Å². The molecule has 3 aromatic rings. The highest BCUT2D eigenvalue weighted by Crippen LogP contribution is 2.40. The number of aromatic nitrogens is 1. The van der Waals surface area contributed by atoms with Gasteiger partial charge in [0.05, 0.1) is 36.0 Å². The predicted octanol–water partition coefficient (Wildman–Crippen LogP) is 7.19. The summed E-state index contributed by atoms with van der Waals surface area (Å²) in [5.41, 5.74) is -0.00248. The Labute approximate surface area is 371 Å². The Hall–Kier alpha value is -4.79. The molecule has 3 aliphatic rings. The van der Waals surface area contributed by atoms with Crippen LogP contribution in [-0.2, 0) is 38.1 Å². The number of alkyl carbamates (subject to hydrolysis) is 1. The lowest BCUT2D eigenvalue weighted by atomic mass is 9.73. The van der Waals surface area contributed by atoms with Gasteiger partial charge in [-0.15, -0.1) is 0 Å². The maximum atomic E-state index is 14.7. The molecule has 3 saturated heterocycles. The van der Waals surface area contributed by atoms with Crippen LogP contribution < -0.4 is 5.32 Å². The van der Waals surface area contributed by atoms with Crippen molar-refractivity contribution in [1.82, 2.24) is 15.2 Å². The van der Waals surface area contributed by atoms with Crippen molar-refractivity contribution in [2.45, 2.75) is 129 Å². The molecule has 0 spiro atoms. The van der Waals surface area contributed by atoms with Gasteiger partial charge in [0.1, 0.15) is 23.9 Å². The summed E-state index contributed by atoms with van der Waals surface area (Å²) >= 11 is 0. The highest BCUT2D eigenvalue weighted by molar-refractivity contribution is 6.00. The van der Waals surface area contributed by atoms with Gasteiger partial charge in [-0.25, -0.2) is 4.79 Å². The van der Waals surface area contributed by atoms with Gasteiger partial charge in [-0.2, -0.15) is 0 Å². The number of aliphatic hydroxyl groups is 1. The van der Waals surface area contributed by atoms with Gasteiger partial charge >= 0.3 is 12.1 Å². The Morgan fingerprint density at radius 1 is 0.921 bits per heavy atom. The first-order valence-corrected chi connectivity index (χ1v) is 22.3. The van der Waals surface area contributed by atoms with Crippen LogP contribution in [0.3, 0.4) is 0 Å². The van der Waals surface area contributed by atoms with Crippen molar-refractivity contribution in [2.75, 3.05) is 20.2 Å². The smallest absolute Gasteiger partial charge is 0.408 e. The minimum Gasteiger partial charge on any atom is -0.458 e. The molecule has 1 aromatic heterocycles. The van der Waals surface area contributed by atoms with Crippen molar-refractivity contribution in [3.63, 3.8) is 0 Å². The second-order valence-electron chi connectivity index (χ2n) is 18.1. The molecular formula is C50H65N3O10. The third-order valence-corrected chi connectivity index (χ3v) is 13.3.